The number of carbonyl (C=O) groups is 1. The lowest BCUT2D eigenvalue weighted by molar-refractivity contribution is 0.0999. The maximum atomic E-state index is 11.0. The summed E-state index contributed by atoms with van der Waals surface area (Å²) in [4.78, 5) is 15.1. The van der Waals surface area contributed by atoms with Crippen LogP contribution in [0.1, 0.15) is 10.4 Å². The molecule has 0 saturated heterocycles. The molecule has 0 atom stereocenters. The Balaban J connectivity index is 0.000000194. The van der Waals surface area contributed by atoms with Crippen LogP contribution in [0.5, 0.6) is 17.2 Å². The number of thiazole rings is 1. The summed E-state index contributed by atoms with van der Waals surface area (Å²) in [6.45, 7) is 0. The number of amides is 1. The topological polar surface area (TPSA) is 110 Å². The molecule has 7 nitrogen and oxygen atoms in total. The van der Waals surface area contributed by atoms with E-state index < -0.39 is 5.91 Å². The van der Waals surface area contributed by atoms with Crippen molar-refractivity contribution in [3.63, 3.8) is 0 Å². The van der Waals surface area contributed by atoms with E-state index in [1.807, 2.05) is 24.3 Å². The molecule has 1 heterocycles. The number of rotatable bonds is 4. The maximum absolute atomic E-state index is 11.0. The van der Waals surface area contributed by atoms with Crippen molar-refractivity contribution in [2.45, 2.75) is 0 Å². The van der Waals surface area contributed by atoms with Gasteiger partial charge in [-0.25, -0.2) is 4.98 Å². The molecule has 8 heteroatoms. The van der Waals surface area contributed by atoms with Crippen LogP contribution < -0.4 is 25.7 Å². The molecule has 1 amide bonds. The number of fused-ring (bicyclic) bond motifs is 1. The van der Waals surface area contributed by atoms with E-state index in [0.717, 1.165) is 10.2 Å². The fourth-order valence-corrected chi connectivity index (χ4v) is 2.85. The Morgan fingerprint density at radius 1 is 1.04 bits per heavy atom. The number of hydrogen-bond acceptors (Lipinski definition) is 7. The van der Waals surface area contributed by atoms with E-state index >= 15 is 0 Å². The van der Waals surface area contributed by atoms with Gasteiger partial charge in [0, 0.05) is 5.56 Å². The Morgan fingerprint density at radius 3 is 2.12 bits per heavy atom. The molecule has 132 valence electrons. The lowest BCUT2D eigenvalue weighted by Gasteiger charge is -2.12. The predicted molar refractivity (Wildman–Crippen MR) is 98.6 cm³/mol. The highest BCUT2D eigenvalue weighted by Gasteiger charge is 2.15. The number of nitrogens with zero attached hydrogens (tertiary/aromatic N) is 1. The lowest BCUT2D eigenvalue weighted by atomic mass is 10.1. The predicted octanol–water partition coefficient (Wildman–Crippen LogP) is 2.69. The Hall–Kier alpha value is -3.00. The fourth-order valence-electron chi connectivity index (χ4n) is 2.11. The fraction of sp³-hybridized carbons (Fsp3) is 0.176. The van der Waals surface area contributed by atoms with Crippen LogP contribution in [0.3, 0.4) is 0 Å². The summed E-state index contributed by atoms with van der Waals surface area (Å²) in [5.74, 6) is 0.704. The zero-order chi connectivity index (χ0) is 18.4. The summed E-state index contributed by atoms with van der Waals surface area (Å²) in [5, 5.41) is 0.640. The van der Waals surface area contributed by atoms with Gasteiger partial charge in [-0.15, -0.1) is 0 Å². The number of nitrogens with two attached hydrogens (primary N) is 2. The average Bonchev–Trinajstić information content (AvgIpc) is 3.00. The Morgan fingerprint density at radius 2 is 1.64 bits per heavy atom. The van der Waals surface area contributed by atoms with Crippen LogP contribution in [0, 0.1) is 0 Å². The van der Waals surface area contributed by atoms with Gasteiger partial charge in [0.05, 0.1) is 31.5 Å². The van der Waals surface area contributed by atoms with Gasteiger partial charge in [0.15, 0.2) is 16.6 Å². The first-order valence-corrected chi connectivity index (χ1v) is 8.02. The second-order valence-corrected chi connectivity index (χ2v) is 5.86. The minimum atomic E-state index is -0.547. The number of benzene rings is 2. The minimum absolute atomic E-state index is 0.310. The molecule has 0 fully saturated rings. The number of methoxy groups -OCH3 is 3. The molecular weight excluding hydrogens is 342 g/mol. The van der Waals surface area contributed by atoms with Gasteiger partial charge in [-0.2, -0.15) is 0 Å². The average molecular weight is 361 g/mol. The van der Waals surface area contributed by atoms with Crippen LogP contribution in [0.2, 0.25) is 0 Å². The largest absolute Gasteiger partial charge is 0.493 e. The molecule has 3 aromatic rings. The summed E-state index contributed by atoms with van der Waals surface area (Å²) < 4.78 is 16.4. The first-order valence-electron chi connectivity index (χ1n) is 7.21. The number of nitrogen functional groups attached to an aromatic ring is 1. The highest BCUT2D eigenvalue weighted by molar-refractivity contribution is 7.22. The molecule has 2 aromatic carbocycles. The highest BCUT2D eigenvalue weighted by Crippen LogP contribution is 2.37. The number of ether oxygens (including phenoxy) is 3. The first-order chi connectivity index (χ1) is 12.0. The Kier molecular flexibility index (Phi) is 6.02. The number of hydrogen-bond donors (Lipinski definition) is 2. The number of primary amides is 1. The van der Waals surface area contributed by atoms with Gasteiger partial charge in [-0.3, -0.25) is 4.79 Å². The quantitative estimate of drug-likeness (QED) is 0.739. The maximum Gasteiger partial charge on any atom is 0.248 e. The van der Waals surface area contributed by atoms with Gasteiger partial charge in [0.2, 0.25) is 11.7 Å². The second kappa shape index (κ2) is 8.20. The molecule has 0 unspecified atom stereocenters. The van der Waals surface area contributed by atoms with Crippen LogP contribution in [-0.4, -0.2) is 32.2 Å². The number of anilines is 1. The molecule has 1 aromatic heterocycles. The third kappa shape index (κ3) is 4.30. The van der Waals surface area contributed by atoms with E-state index in [9.17, 15) is 4.79 Å². The van der Waals surface area contributed by atoms with E-state index in [0.29, 0.717) is 27.9 Å². The molecule has 0 aliphatic rings. The SMILES string of the molecule is COc1cc(C(N)=O)cc(OC)c1OC.Nc1nc2ccccc2s1. The van der Waals surface area contributed by atoms with Gasteiger partial charge in [0.25, 0.3) is 0 Å². The normalized spacial score (nSPS) is 9.88. The molecule has 0 aliphatic carbocycles. The number of para-hydroxylation sites is 1. The van der Waals surface area contributed by atoms with Crippen molar-refractivity contribution in [3.05, 3.63) is 42.0 Å². The van der Waals surface area contributed by atoms with E-state index in [4.69, 9.17) is 25.7 Å². The van der Waals surface area contributed by atoms with Crippen molar-refractivity contribution in [2.75, 3.05) is 27.1 Å². The third-order valence-corrected chi connectivity index (χ3v) is 4.13. The van der Waals surface area contributed by atoms with Crippen molar-refractivity contribution >= 4 is 32.6 Å². The van der Waals surface area contributed by atoms with Crippen molar-refractivity contribution in [3.8, 4) is 17.2 Å². The number of aromatic nitrogens is 1. The summed E-state index contributed by atoms with van der Waals surface area (Å²) >= 11 is 1.52. The van der Waals surface area contributed by atoms with E-state index in [2.05, 4.69) is 4.98 Å². The molecule has 0 saturated carbocycles. The van der Waals surface area contributed by atoms with Gasteiger partial charge in [-0.05, 0) is 24.3 Å². The van der Waals surface area contributed by atoms with Crippen LogP contribution >= 0.6 is 11.3 Å². The van der Waals surface area contributed by atoms with Crippen molar-refractivity contribution < 1.29 is 19.0 Å². The van der Waals surface area contributed by atoms with Crippen molar-refractivity contribution in [2.24, 2.45) is 5.73 Å². The molecule has 4 N–H and O–H groups in total. The third-order valence-electron chi connectivity index (χ3n) is 3.26. The summed E-state index contributed by atoms with van der Waals surface area (Å²) in [5.41, 5.74) is 12.0. The zero-order valence-electron chi connectivity index (χ0n) is 14.1. The second-order valence-electron chi connectivity index (χ2n) is 4.80. The molecule has 0 spiro atoms. The minimum Gasteiger partial charge on any atom is -0.493 e. The van der Waals surface area contributed by atoms with Crippen molar-refractivity contribution in [1.82, 2.24) is 4.98 Å². The molecule has 3 rings (SSSR count). The Labute approximate surface area is 149 Å². The van der Waals surface area contributed by atoms with E-state index in [-0.39, 0.29) is 0 Å². The van der Waals surface area contributed by atoms with Gasteiger partial charge in [-0.1, -0.05) is 23.5 Å². The van der Waals surface area contributed by atoms with E-state index in [1.54, 1.807) is 0 Å². The van der Waals surface area contributed by atoms with Crippen LogP contribution in [0.25, 0.3) is 10.2 Å². The summed E-state index contributed by atoms with van der Waals surface area (Å²) in [6.07, 6.45) is 0. The van der Waals surface area contributed by atoms with Crippen molar-refractivity contribution in [1.29, 1.82) is 0 Å². The van der Waals surface area contributed by atoms with Crippen LogP contribution in [0.4, 0.5) is 5.13 Å². The first kappa shape index (κ1) is 18.3. The summed E-state index contributed by atoms with van der Waals surface area (Å²) in [7, 11) is 4.44. The zero-order valence-corrected chi connectivity index (χ0v) is 14.9. The van der Waals surface area contributed by atoms with Crippen LogP contribution in [0.15, 0.2) is 36.4 Å². The summed E-state index contributed by atoms with van der Waals surface area (Å²) in [6, 6.07) is 10.9. The highest BCUT2D eigenvalue weighted by atomic mass is 32.1. The molecule has 0 radical (unpaired) electrons. The Bertz CT molecular complexity index is 821. The standard InChI is InChI=1S/C10H13NO4.C7H6N2S/c1-13-7-4-6(10(11)12)5-8(14-2)9(7)15-3;8-7-9-5-3-1-2-4-6(5)10-7/h4-5H,1-3H3,(H2,11,12);1-4H,(H2,8,9). The van der Waals surface area contributed by atoms with Gasteiger partial charge < -0.3 is 25.7 Å². The number of carbonyl (C=O) groups excluding carboxylic acids is 1. The van der Waals surface area contributed by atoms with E-state index in [1.165, 1.54) is 44.8 Å². The molecule has 0 bridgehead atoms. The molecular formula is C17H19N3O4S. The lowest BCUT2D eigenvalue weighted by Crippen LogP contribution is -2.11. The monoisotopic (exact) mass is 361 g/mol. The smallest absolute Gasteiger partial charge is 0.248 e. The van der Waals surface area contributed by atoms with Gasteiger partial charge in [0.1, 0.15) is 0 Å². The molecule has 25 heavy (non-hydrogen) atoms. The van der Waals surface area contributed by atoms with Crippen LogP contribution in [-0.2, 0) is 0 Å². The molecule has 0 aliphatic heterocycles. The van der Waals surface area contributed by atoms with Gasteiger partial charge >= 0.3 is 0 Å².